The number of ether oxygens (including phenoxy) is 2. The van der Waals surface area contributed by atoms with E-state index in [4.69, 9.17) is 9.47 Å². The Balaban J connectivity index is 1.68. The van der Waals surface area contributed by atoms with Crippen molar-refractivity contribution in [2.75, 3.05) is 14.2 Å². The van der Waals surface area contributed by atoms with Crippen LogP contribution in [0.15, 0.2) is 29.2 Å². The van der Waals surface area contributed by atoms with Gasteiger partial charge in [-0.05, 0) is 37.8 Å². The van der Waals surface area contributed by atoms with Gasteiger partial charge in [0.05, 0.1) is 25.9 Å². The molecule has 1 aliphatic rings. The molecule has 2 heterocycles. The first kappa shape index (κ1) is 22.4. The number of methoxy groups -OCH3 is 2. The third-order valence-corrected chi connectivity index (χ3v) is 6.81. The van der Waals surface area contributed by atoms with Crippen LogP contribution in [0, 0.1) is 12.8 Å². The molecule has 0 aliphatic heterocycles. The Kier molecular flexibility index (Phi) is 6.84. The van der Waals surface area contributed by atoms with Crippen molar-refractivity contribution in [3.63, 3.8) is 0 Å². The predicted octanol–water partition coefficient (Wildman–Crippen LogP) is 3.93. The zero-order chi connectivity index (χ0) is 22.7. The maximum absolute atomic E-state index is 13.6. The molecule has 0 radical (unpaired) electrons. The summed E-state index contributed by atoms with van der Waals surface area (Å²) in [6, 6.07) is 5.90. The molecule has 7 heteroatoms. The number of rotatable bonds is 8. The molecular formula is C25H34N4O3. The van der Waals surface area contributed by atoms with Crippen LogP contribution in [0.4, 0.5) is 0 Å². The summed E-state index contributed by atoms with van der Waals surface area (Å²) < 4.78 is 14.9. The van der Waals surface area contributed by atoms with Crippen molar-refractivity contribution in [3.05, 3.63) is 51.6 Å². The van der Waals surface area contributed by atoms with Crippen molar-refractivity contribution < 1.29 is 9.47 Å². The molecule has 1 N–H and O–H groups in total. The highest BCUT2D eigenvalue weighted by molar-refractivity contribution is 5.83. The average Bonchev–Trinajstić information content (AvgIpc) is 3.13. The zero-order valence-electron chi connectivity index (χ0n) is 19.6. The first-order valence-corrected chi connectivity index (χ1v) is 11.5. The SMILES string of the molecule is COc1cc2cc(CNCc3cnn(C)c3C)c(=O)n(CC3CCCCC3)c2cc1OC. The number of hydrogen-bond donors (Lipinski definition) is 1. The number of fused-ring (bicyclic) bond motifs is 1. The quantitative estimate of drug-likeness (QED) is 0.577. The minimum Gasteiger partial charge on any atom is -0.493 e. The molecule has 0 saturated heterocycles. The summed E-state index contributed by atoms with van der Waals surface area (Å²) in [6.45, 7) is 3.98. The van der Waals surface area contributed by atoms with Crippen molar-refractivity contribution >= 4 is 10.9 Å². The molecule has 0 amide bonds. The molecule has 1 aliphatic carbocycles. The second-order valence-corrected chi connectivity index (χ2v) is 8.84. The van der Waals surface area contributed by atoms with Crippen LogP contribution >= 0.6 is 0 Å². The van der Waals surface area contributed by atoms with Crippen LogP contribution < -0.4 is 20.3 Å². The Labute approximate surface area is 189 Å². The molecule has 0 atom stereocenters. The third-order valence-electron chi connectivity index (χ3n) is 6.81. The van der Waals surface area contributed by atoms with Crippen molar-refractivity contribution in [1.82, 2.24) is 19.7 Å². The van der Waals surface area contributed by atoms with Gasteiger partial charge in [-0.3, -0.25) is 9.48 Å². The van der Waals surface area contributed by atoms with Crippen LogP contribution in [0.1, 0.15) is 48.9 Å². The summed E-state index contributed by atoms with van der Waals surface area (Å²) in [5.41, 5.74) is 4.02. The lowest BCUT2D eigenvalue weighted by Crippen LogP contribution is -2.30. The fourth-order valence-corrected chi connectivity index (χ4v) is 4.75. The second-order valence-electron chi connectivity index (χ2n) is 8.84. The van der Waals surface area contributed by atoms with E-state index in [0.717, 1.165) is 34.3 Å². The highest BCUT2D eigenvalue weighted by atomic mass is 16.5. The van der Waals surface area contributed by atoms with E-state index in [1.165, 1.54) is 32.1 Å². The minimum absolute atomic E-state index is 0.0747. The van der Waals surface area contributed by atoms with E-state index < -0.39 is 0 Å². The smallest absolute Gasteiger partial charge is 0.255 e. The van der Waals surface area contributed by atoms with E-state index >= 15 is 0 Å². The highest BCUT2D eigenvalue weighted by Gasteiger charge is 2.19. The first-order valence-electron chi connectivity index (χ1n) is 11.5. The number of pyridine rings is 1. The van der Waals surface area contributed by atoms with Gasteiger partial charge in [0.15, 0.2) is 11.5 Å². The molecule has 1 fully saturated rings. The van der Waals surface area contributed by atoms with Gasteiger partial charge in [0.1, 0.15) is 0 Å². The van der Waals surface area contributed by atoms with Gasteiger partial charge in [-0.1, -0.05) is 19.3 Å². The van der Waals surface area contributed by atoms with E-state index in [0.29, 0.717) is 30.5 Å². The molecule has 0 spiro atoms. The molecule has 1 saturated carbocycles. The summed E-state index contributed by atoms with van der Waals surface area (Å²) in [6.07, 6.45) is 8.05. The van der Waals surface area contributed by atoms with E-state index in [1.54, 1.807) is 14.2 Å². The van der Waals surface area contributed by atoms with E-state index in [9.17, 15) is 4.79 Å². The largest absolute Gasteiger partial charge is 0.493 e. The van der Waals surface area contributed by atoms with Crippen LogP contribution in [0.3, 0.4) is 0 Å². The Morgan fingerprint density at radius 2 is 1.72 bits per heavy atom. The summed E-state index contributed by atoms with van der Waals surface area (Å²) in [4.78, 5) is 13.6. The van der Waals surface area contributed by atoms with Crippen molar-refractivity contribution in [3.8, 4) is 11.5 Å². The average molecular weight is 439 g/mol. The Morgan fingerprint density at radius 3 is 2.38 bits per heavy atom. The van der Waals surface area contributed by atoms with Gasteiger partial charge in [-0.25, -0.2) is 0 Å². The van der Waals surface area contributed by atoms with Crippen LogP contribution in [-0.2, 0) is 26.7 Å². The van der Waals surface area contributed by atoms with E-state index in [-0.39, 0.29) is 5.56 Å². The Bertz CT molecular complexity index is 1140. The van der Waals surface area contributed by atoms with Crippen LogP contribution in [0.2, 0.25) is 0 Å². The summed E-state index contributed by atoms with van der Waals surface area (Å²) in [7, 11) is 5.21. The van der Waals surface area contributed by atoms with Gasteiger partial charge in [-0.15, -0.1) is 0 Å². The first-order chi connectivity index (χ1) is 15.5. The molecule has 32 heavy (non-hydrogen) atoms. The van der Waals surface area contributed by atoms with Crippen LogP contribution in [-0.4, -0.2) is 28.6 Å². The molecule has 3 aromatic rings. The highest BCUT2D eigenvalue weighted by Crippen LogP contribution is 2.33. The van der Waals surface area contributed by atoms with Crippen molar-refractivity contribution in [2.24, 2.45) is 13.0 Å². The number of hydrogen-bond acceptors (Lipinski definition) is 5. The number of nitrogens with zero attached hydrogens (tertiary/aromatic N) is 3. The Morgan fingerprint density at radius 1 is 1.03 bits per heavy atom. The van der Waals surface area contributed by atoms with Gasteiger partial charge in [0.25, 0.3) is 5.56 Å². The zero-order valence-corrected chi connectivity index (χ0v) is 19.6. The van der Waals surface area contributed by atoms with Gasteiger partial charge in [0, 0.05) is 55.0 Å². The van der Waals surface area contributed by atoms with Crippen LogP contribution in [0.5, 0.6) is 11.5 Å². The molecule has 172 valence electrons. The molecule has 0 bridgehead atoms. The van der Waals surface area contributed by atoms with Gasteiger partial charge in [-0.2, -0.15) is 5.10 Å². The summed E-state index contributed by atoms with van der Waals surface area (Å²) >= 11 is 0. The molecule has 2 aromatic heterocycles. The lowest BCUT2D eigenvalue weighted by Gasteiger charge is -2.24. The maximum atomic E-state index is 13.6. The second kappa shape index (κ2) is 9.77. The van der Waals surface area contributed by atoms with Crippen molar-refractivity contribution in [1.29, 1.82) is 0 Å². The molecule has 7 nitrogen and oxygen atoms in total. The van der Waals surface area contributed by atoms with Crippen LogP contribution in [0.25, 0.3) is 10.9 Å². The van der Waals surface area contributed by atoms with Gasteiger partial charge < -0.3 is 19.4 Å². The number of benzene rings is 1. The van der Waals surface area contributed by atoms with Crippen molar-refractivity contribution in [2.45, 2.75) is 58.7 Å². The molecular weight excluding hydrogens is 404 g/mol. The predicted molar refractivity (Wildman–Crippen MR) is 126 cm³/mol. The monoisotopic (exact) mass is 438 g/mol. The van der Waals surface area contributed by atoms with E-state index in [1.807, 2.05) is 40.7 Å². The van der Waals surface area contributed by atoms with Gasteiger partial charge >= 0.3 is 0 Å². The molecule has 4 rings (SSSR count). The van der Waals surface area contributed by atoms with Gasteiger partial charge in [0.2, 0.25) is 0 Å². The number of aromatic nitrogens is 3. The van der Waals surface area contributed by atoms with E-state index in [2.05, 4.69) is 17.3 Å². The normalized spacial score (nSPS) is 14.8. The lowest BCUT2D eigenvalue weighted by molar-refractivity contribution is 0.319. The molecule has 1 aromatic carbocycles. The fraction of sp³-hybridized carbons (Fsp3) is 0.520. The number of aryl methyl sites for hydroxylation is 1. The third kappa shape index (κ3) is 4.53. The lowest BCUT2D eigenvalue weighted by atomic mass is 9.89. The fourth-order valence-electron chi connectivity index (χ4n) is 4.75. The topological polar surface area (TPSA) is 70.3 Å². The minimum atomic E-state index is 0.0747. The standard InChI is InChI=1S/C25H34N4O3/c1-17-21(15-27-28(17)2)14-26-13-20-10-19-11-23(31-3)24(32-4)12-22(19)29(25(20)30)16-18-8-6-5-7-9-18/h10-12,15,18,26H,5-9,13-14,16H2,1-4H3. The molecule has 0 unspecified atom stereocenters. The Hall–Kier alpha value is -2.80. The summed E-state index contributed by atoms with van der Waals surface area (Å²) in [5, 5.41) is 8.73. The maximum Gasteiger partial charge on any atom is 0.255 e. The number of nitrogens with one attached hydrogen (secondary N) is 1. The summed E-state index contributed by atoms with van der Waals surface area (Å²) in [5.74, 6) is 1.86.